The standard InChI is InChI=1S/C13H18N2O3/c1-3-8-6-11(14)10-7-9(18-2)4-5-12(10)15(8)13(16)17/h4-5,7-8,11H,3,6,14H2,1-2H3,(H,16,17)/t8-,11+/m1/s1. The number of nitrogens with zero attached hydrogens (tertiary/aromatic N) is 1. The van der Waals surface area contributed by atoms with Crippen molar-refractivity contribution in [3.05, 3.63) is 23.8 Å². The van der Waals surface area contributed by atoms with E-state index in [1.54, 1.807) is 19.2 Å². The predicted molar refractivity (Wildman–Crippen MR) is 69.1 cm³/mol. The Morgan fingerprint density at radius 2 is 2.33 bits per heavy atom. The summed E-state index contributed by atoms with van der Waals surface area (Å²) in [6.07, 6.45) is 0.467. The van der Waals surface area contributed by atoms with Gasteiger partial charge in [0.2, 0.25) is 0 Å². The lowest BCUT2D eigenvalue weighted by Gasteiger charge is -2.37. The summed E-state index contributed by atoms with van der Waals surface area (Å²) in [5.41, 5.74) is 7.63. The average molecular weight is 250 g/mol. The van der Waals surface area contributed by atoms with Crippen molar-refractivity contribution < 1.29 is 14.6 Å². The lowest BCUT2D eigenvalue weighted by molar-refractivity contribution is 0.196. The van der Waals surface area contributed by atoms with Gasteiger partial charge in [-0.05, 0) is 36.6 Å². The molecule has 2 atom stereocenters. The largest absolute Gasteiger partial charge is 0.497 e. The zero-order chi connectivity index (χ0) is 13.3. The minimum Gasteiger partial charge on any atom is -0.497 e. The second kappa shape index (κ2) is 4.86. The molecule has 5 heteroatoms. The van der Waals surface area contributed by atoms with Crippen molar-refractivity contribution in [3.63, 3.8) is 0 Å². The van der Waals surface area contributed by atoms with Crippen molar-refractivity contribution in [1.82, 2.24) is 0 Å². The molecule has 98 valence electrons. The molecule has 1 aliphatic heterocycles. The number of nitrogens with two attached hydrogens (primary N) is 1. The topological polar surface area (TPSA) is 75.8 Å². The van der Waals surface area contributed by atoms with E-state index < -0.39 is 6.09 Å². The molecule has 18 heavy (non-hydrogen) atoms. The Balaban J connectivity index is 2.50. The van der Waals surface area contributed by atoms with Gasteiger partial charge < -0.3 is 15.6 Å². The highest BCUT2D eigenvalue weighted by Crippen LogP contribution is 2.38. The van der Waals surface area contributed by atoms with Crippen LogP contribution in [0.3, 0.4) is 0 Å². The summed E-state index contributed by atoms with van der Waals surface area (Å²) in [5, 5.41) is 9.35. The quantitative estimate of drug-likeness (QED) is 0.844. The van der Waals surface area contributed by atoms with E-state index in [2.05, 4.69) is 0 Å². The molecule has 5 nitrogen and oxygen atoms in total. The van der Waals surface area contributed by atoms with Crippen LogP contribution >= 0.6 is 0 Å². The van der Waals surface area contributed by atoms with Gasteiger partial charge in [0, 0.05) is 12.1 Å². The van der Waals surface area contributed by atoms with E-state index in [0.717, 1.165) is 12.0 Å². The third kappa shape index (κ3) is 2.01. The first-order valence-corrected chi connectivity index (χ1v) is 6.04. The van der Waals surface area contributed by atoms with Gasteiger partial charge >= 0.3 is 6.09 Å². The highest BCUT2D eigenvalue weighted by atomic mass is 16.5. The van der Waals surface area contributed by atoms with Gasteiger partial charge in [0.05, 0.1) is 12.8 Å². The van der Waals surface area contributed by atoms with Gasteiger partial charge in [0.15, 0.2) is 0 Å². The number of carboxylic acid groups (broad SMARTS) is 1. The monoisotopic (exact) mass is 250 g/mol. The fraction of sp³-hybridized carbons (Fsp3) is 0.462. The molecule has 0 bridgehead atoms. The number of amides is 1. The Bertz CT molecular complexity index is 462. The van der Waals surface area contributed by atoms with Crippen molar-refractivity contribution in [2.45, 2.75) is 31.8 Å². The maximum absolute atomic E-state index is 11.4. The van der Waals surface area contributed by atoms with Gasteiger partial charge in [0.1, 0.15) is 5.75 Å². The highest BCUT2D eigenvalue weighted by molar-refractivity contribution is 5.89. The van der Waals surface area contributed by atoms with E-state index in [9.17, 15) is 9.90 Å². The second-order valence-electron chi connectivity index (χ2n) is 4.48. The number of anilines is 1. The zero-order valence-electron chi connectivity index (χ0n) is 10.6. The van der Waals surface area contributed by atoms with E-state index in [1.807, 2.05) is 13.0 Å². The van der Waals surface area contributed by atoms with Crippen LogP contribution in [-0.2, 0) is 0 Å². The van der Waals surface area contributed by atoms with Gasteiger partial charge in [-0.25, -0.2) is 4.79 Å². The smallest absolute Gasteiger partial charge is 0.412 e. The maximum atomic E-state index is 11.4. The van der Waals surface area contributed by atoms with Crippen molar-refractivity contribution in [2.75, 3.05) is 12.0 Å². The number of rotatable bonds is 2. The molecular weight excluding hydrogens is 232 g/mol. The Morgan fingerprint density at radius 1 is 1.61 bits per heavy atom. The van der Waals surface area contributed by atoms with Gasteiger partial charge in [-0.1, -0.05) is 6.92 Å². The molecule has 0 saturated carbocycles. The highest BCUT2D eigenvalue weighted by Gasteiger charge is 2.33. The minimum absolute atomic E-state index is 0.0570. The third-order valence-electron chi connectivity index (χ3n) is 3.46. The van der Waals surface area contributed by atoms with E-state index in [0.29, 0.717) is 17.9 Å². The molecule has 1 amide bonds. The summed E-state index contributed by atoms with van der Waals surface area (Å²) in [7, 11) is 1.58. The molecule has 1 aromatic carbocycles. The molecule has 0 aromatic heterocycles. The molecule has 0 fully saturated rings. The Hall–Kier alpha value is -1.75. The van der Waals surface area contributed by atoms with Crippen LogP contribution in [0.5, 0.6) is 5.75 Å². The number of fused-ring (bicyclic) bond motifs is 1. The van der Waals surface area contributed by atoms with Crippen LogP contribution in [0.4, 0.5) is 10.5 Å². The summed E-state index contributed by atoms with van der Waals surface area (Å²) in [6.45, 7) is 1.97. The summed E-state index contributed by atoms with van der Waals surface area (Å²) in [4.78, 5) is 12.8. The van der Waals surface area contributed by atoms with E-state index in [4.69, 9.17) is 10.5 Å². The van der Waals surface area contributed by atoms with Crippen molar-refractivity contribution in [3.8, 4) is 5.75 Å². The van der Waals surface area contributed by atoms with E-state index in [-0.39, 0.29) is 12.1 Å². The fourth-order valence-corrected chi connectivity index (χ4v) is 2.51. The van der Waals surface area contributed by atoms with E-state index in [1.165, 1.54) is 4.90 Å². The van der Waals surface area contributed by atoms with Crippen LogP contribution < -0.4 is 15.4 Å². The number of hydrogen-bond donors (Lipinski definition) is 2. The number of carbonyl (C=O) groups is 1. The normalized spacial score (nSPS) is 22.5. The molecule has 2 rings (SSSR count). The minimum atomic E-state index is -0.930. The van der Waals surface area contributed by atoms with Crippen LogP contribution in [0.15, 0.2) is 18.2 Å². The van der Waals surface area contributed by atoms with Gasteiger partial charge in [-0.15, -0.1) is 0 Å². The summed E-state index contributed by atoms with van der Waals surface area (Å²) >= 11 is 0. The number of hydrogen-bond acceptors (Lipinski definition) is 3. The van der Waals surface area contributed by atoms with E-state index >= 15 is 0 Å². The summed E-state index contributed by atoms with van der Waals surface area (Å²) in [6, 6.07) is 5.15. The van der Waals surface area contributed by atoms with Gasteiger partial charge in [0.25, 0.3) is 0 Å². The number of methoxy groups -OCH3 is 1. The zero-order valence-corrected chi connectivity index (χ0v) is 10.6. The molecule has 0 unspecified atom stereocenters. The molecule has 3 N–H and O–H groups in total. The molecule has 1 aliphatic rings. The molecule has 0 radical (unpaired) electrons. The molecule has 1 aromatic rings. The van der Waals surface area contributed by atoms with Crippen LogP contribution in [0.1, 0.15) is 31.4 Å². The molecule has 0 saturated heterocycles. The average Bonchev–Trinajstić information content (AvgIpc) is 2.37. The molecular formula is C13H18N2O3. The first kappa shape index (κ1) is 12.7. The van der Waals surface area contributed by atoms with Crippen molar-refractivity contribution >= 4 is 11.8 Å². The van der Waals surface area contributed by atoms with Crippen LogP contribution in [0.2, 0.25) is 0 Å². The summed E-state index contributed by atoms with van der Waals surface area (Å²) in [5.74, 6) is 0.699. The fourth-order valence-electron chi connectivity index (χ4n) is 2.51. The molecule has 0 spiro atoms. The van der Waals surface area contributed by atoms with Gasteiger partial charge in [-0.3, -0.25) is 4.90 Å². The molecule has 1 heterocycles. The second-order valence-corrected chi connectivity index (χ2v) is 4.48. The Kier molecular flexibility index (Phi) is 3.43. The lowest BCUT2D eigenvalue weighted by atomic mass is 9.90. The number of benzene rings is 1. The Morgan fingerprint density at radius 3 is 2.89 bits per heavy atom. The Labute approximate surface area is 106 Å². The first-order valence-electron chi connectivity index (χ1n) is 6.04. The van der Waals surface area contributed by atoms with Gasteiger partial charge in [-0.2, -0.15) is 0 Å². The van der Waals surface area contributed by atoms with Crippen LogP contribution in [-0.4, -0.2) is 24.4 Å². The third-order valence-corrected chi connectivity index (χ3v) is 3.46. The van der Waals surface area contributed by atoms with Crippen molar-refractivity contribution in [2.24, 2.45) is 5.73 Å². The number of ether oxygens (including phenoxy) is 1. The predicted octanol–water partition coefficient (Wildman–Crippen LogP) is 2.36. The lowest BCUT2D eigenvalue weighted by Crippen LogP contribution is -2.45. The summed E-state index contributed by atoms with van der Waals surface area (Å²) < 4.78 is 5.16. The van der Waals surface area contributed by atoms with Crippen LogP contribution in [0.25, 0.3) is 0 Å². The maximum Gasteiger partial charge on any atom is 0.412 e. The molecule has 0 aliphatic carbocycles. The van der Waals surface area contributed by atoms with Crippen LogP contribution in [0, 0.1) is 0 Å². The SMILES string of the molecule is CC[C@@H]1C[C@H](N)c2cc(OC)ccc2N1C(=O)O. The van der Waals surface area contributed by atoms with Crippen molar-refractivity contribution in [1.29, 1.82) is 0 Å². The first-order chi connectivity index (χ1) is 8.58.